The van der Waals surface area contributed by atoms with Crippen LogP contribution in [0.3, 0.4) is 0 Å². The van der Waals surface area contributed by atoms with Crippen molar-refractivity contribution in [2.24, 2.45) is 5.92 Å². The largest absolute Gasteiger partial charge is 0.379 e. The molecule has 0 bridgehead atoms. The van der Waals surface area contributed by atoms with Gasteiger partial charge in [-0.25, -0.2) is 0 Å². The first-order valence-corrected chi connectivity index (χ1v) is 8.74. The average Bonchev–Trinajstić information content (AvgIpc) is 2.46. The van der Waals surface area contributed by atoms with Crippen LogP contribution in [0.25, 0.3) is 0 Å². The van der Waals surface area contributed by atoms with Gasteiger partial charge in [0.1, 0.15) is 0 Å². The molecule has 4 unspecified atom stereocenters. The molecule has 0 radical (unpaired) electrons. The fourth-order valence-corrected chi connectivity index (χ4v) is 4.00. The van der Waals surface area contributed by atoms with Gasteiger partial charge in [0.2, 0.25) is 0 Å². The number of nitrogens with one attached hydrogen (secondary N) is 2. The van der Waals surface area contributed by atoms with E-state index < -0.39 is 0 Å². The van der Waals surface area contributed by atoms with E-state index in [1.165, 1.54) is 25.7 Å². The summed E-state index contributed by atoms with van der Waals surface area (Å²) in [7, 11) is 4.50. The molecule has 1 saturated carbocycles. The maximum Gasteiger partial charge on any atom is 0.0620 e. The van der Waals surface area contributed by atoms with Crippen molar-refractivity contribution in [3.63, 3.8) is 0 Å². The Morgan fingerprint density at radius 1 is 1.43 bits per heavy atom. The van der Waals surface area contributed by atoms with Gasteiger partial charge in [0, 0.05) is 30.7 Å². The Labute approximate surface area is 131 Å². The molecule has 2 fully saturated rings. The summed E-state index contributed by atoms with van der Waals surface area (Å²) in [5, 5.41) is 7.36. The van der Waals surface area contributed by atoms with Crippen molar-refractivity contribution in [3.05, 3.63) is 0 Å². The van der Waals surface area contributed by atoms with Crippen LogP contribution in [-0.4, -0.2) is 62.9 Å². The van der Waals surface area contributed by atoms with E-state index in [0.717, 1.165) is 38.6 Å². The van der Waals surface area contributed by atoms with Gasteiger partial charge in [0.25, 0.3) is 0 Å². The normalized spacial score (nSPS) is 35.9. The number of nitrogens with zero attached hydrogens (tertiary/aromatic N) is 1. The molecule has 21 heavy (non-hydrogen) atoms. The second kappa shape index (κ2) is 7.91. The van der Waals surface area contributed by atoms with Gasteiger partial charge in [-0.3, -0.25) is 0 Å². The molecular weight excluding hydrogens is 262 g/mol. The molecule has 0 aromatic rings. The van der Waals surface area contributed by atoms with Crippen LogP contribution >= 0.6 is 0 Å². The Kier molecular flexibility index (Phi) is 6.48. The molecule has 0 aromatic heterocycles. The summed E-state index contributed by atoms with van der Waals surface area (Å²) < 4.78 is 5.55. The van der Waals surface area contributed by atoms with E-state index in [9.17, 15) is 0 Å². The van der Waals surface area contributed by atoms with Gasteiger partial charge >= 0.3 is 0 Å². The summed E-state index contributed by atoms with van der Waals surface area (Å²) in [6, 6.07) is 1.06. The maximum absolute atomic E-state index is 5.55. The predicted molar refractivity (Wildman–Crippen MR) is 88.7 cm³/mol. The lowest BCUT2D eigenvalue weighted by atomic mass is 9.75. The Bertz CT molecular complexity index is 304. The van der Waals surface area contributed by atoms with E-state index in [4.69, 9.17) is 4.74 Å². The molecule has 0 amide bonds. The molecule has 0 spiro atoms. The van der Waals surface area contributed by atoms with Crippen LogP contribution in [0.1, 0.15) is 46.0 Å². The van der Waals surface area contributed by atoms with Crippen LogP contribution in [0, 0.1) is 5.92 Å². The molecule has 1 heterocycles. The second-order valence-corrected chi connectivity index (χ2v) is 7.56. The number of hydrogen-bond donors (Lipinski definition) is 2. The highest BCUT2D eigenvalue weighted by molar-refractivity contribution is 4.95. The number of morpholine rings is 1. The minimum Gasteiger partial charge on any atom is -0.379 e. The zero-order chi connectivity index (χ0) is 15.3. The number of hydrogen-bond acceptors (Lipinski definition) is 4. The molecule has 2 aliphatic rings. The number of ether oxygens (including phenoxy) is 1. The lowest BCUT2D eigenvalue weighted by Gasteiger charge is -2.46. The molecule has 2 rings (SSSR count). The Balaban J connectivity index is 1.80. The van der Waals surface area contributed by atoms with Crippen LogP contribution < -0.4 is 10.6 Å². The number of likely N-dealkylation sites (N-methyl/N-ethyl adjacent to an activating group) is 1. The molecule has 2 N–H and O–H groups in total. The molecule has 1 saturated heterocycles. The molecule has 1 aliphatic heterocycles. The fourth-order valence-electron chi connectivity index (χ4n) is 4.00. The monoisotopic (exact) mass is 297 g/mol. The highest BCUT2D eigenvalue weighted by Crippen LogP contribution is 2.35. The Morgan fingerprint density at radius 2 is 2.24 bits per heavy atom. The third kappa shape index (κ3) is 4.92. The van der Waals surface area contributed by atoms with Crippen molar-refractivity contribution < 1.29 is 4.74 Å². The smallest absolute Gasteiger partial charge is 0.0620 e. The first-order chi connectivity index (χ1) is 10.0. The molecule has 4 atom stereocenters. The van der Waals surface area contributed by atoms with Crippen molar-refractivity contribution in [1.82, 2.24) is 15.5 Å². The van der Waals surface area contributed by atoms with Crippen LogP contribution in [0.2, 0.25) is 0 Å². The molecule has 124 valence electrons. The van der Waals surface area contributed by atoms with E-state index in [0.29, 0.717) is 17.6 Å². The molecular formula is C17H35N3O. The summed E-state index contributed by atoms with van der Waals surface area (Å²) in [5.41, 5.74) is 0.350. The fraction of sp³-hybridized carbons (Fsp3) is 1.00. The summed E-state index contributed by atoms with van der Waals surface area (Å²) in [6.07, 6.45) is 6.57. The summed E-state index contributed by atoms with van der Waals surface area (Å²) in [6.45, 7) is 8.55. The quantitative estimate of drug-likeness (QED) is 0.784. The van der Waals surface area contributed by atoms with Crippen molar-refractivity contribution in [3.8, 4) is 0 Å². The van der Waals surface area contributed by atoms with E-state index in [2.05, 4.69) is 43.5 Å². The minimum atomic E-state index is 0.350. The van der Waals surface area contributed by atoms with E-state index in [-0.39, 0.29) is 0 Å². The minimum absolute atomic E-state index is 0.350. The van der Waals surface area contributed by atoms with Gasteiger partial charge in [0.05, 0.1) is 13.2 Å². The lowest BCUT2D eigenvalue weighted by Crippen LogP contribution is -2.56. The van der Waals surface area contributed by atoms with Gasteiger partial charge in [-0.05, 0) is 46.2 Å². The van der Waals surface area contributed by atoms with Gasteiger partial charge in [-0.1, -0.05) is 19.8 Å². The average molecular weight is 297 g/mol. The van der Waals surface area contributed by atoms with E-state index in [1.807, 2.05) is 0 Å². The molecule has 4 heteroatoms. The Morgan fingerprint density at radius 3 is 2.86 bits per heavy atom. The SMILES string of the molecule is CC1CCCC(CNC(C)CC2COCCN2)(N(C)C)C1. The third-order valence-corrected chi connectivity index (χ3v) is 5.43. The zero-order valence-electron chi connectivity index (χ0n) is 14.5. The van der Waals surface area contributed by atoms with Crippen LogP contribution in [0.5, 0.6) is 0 Å². The second-order valence-electron chi connectivity index (χ2n) is 7.56. The summed E-state index contributed by atoms with van der Waals surface area (Å²) >= 11 is 0. The molecule has 1 aliphatic carbocycles. The Hall–Kier alpha value is -0.160. The van der Waals surface area contributed by atoms with E-state index in [1.54, 1.807) is 0 Å². The molecule has 0 aromatic carbocycles. The van der Waals surface area contributed by atoms with Crippen molar-refractivity contribution in [1.29, 1.82) is 0 Å². The molecule has 4 nitrogen and oxygen atoms in total. The van der Waals surface area contributed by atoms with Crippen molar-refractivity contribution in [2.75, 3.05) is 40.4 Å². The summed E-state index contributed by atoms with van der Waals surface area (Å²) in [5.74, 6) is 0.853. The zero-order valence-corrected chi connectivity index (χ0v) is 14.5. The standard InChI is InChI=1S/C17H35N3O/c1-14-6-5-7-17(11-14,20(3)4)13-19-15(2)10-16-12-21-9-8-18-16/h14-16,18-19H,5-13H2,1-4H3. The van der Waals surface area contributed by atoms with Crippen LogP contribution in [0.4, 0.5) is 0 Å². The summed E-state index contributed by atoms with van der Waals surface area (Å²) in [4.78, 5) is 2.46. The first-order valence-electron chi connectivity index (χ1n) is 8.74. The first kappa shape index (κ1) is 17.2. The highest BCUT2D eigenvalue weighted by Gasteiger charge is 2.36. The van der Waals surface area contributed by atoms with Crippen molar-refractivity contribution >= 4 is 0 Å². The van der Waals surface area contributed by atoms with Gasteiger partial charge < -0.3 is 20.3 Å². The topological polar surface area (TPSA) is 36.5 Å². The lowest BCUT2D eigenvalue weighted by molar-refractivity contribution is 0.0620. The van der Waals surface area contributed by atoms with Crippen molar-refractivity contribution in [2.45, 2.75) is 63.6 Å². The third-order valence-electron chi connectivity index (χ3n) is 5.43. The van der Waals surface area contributed by atoms with Gasteiger partial charge in [0.15, 0.2) is 0 Å². The van der Waals surface area contributed by atoms with Crippen LogP contribution in [-0.2, 0) is 4.74 Å². The van der Waals surface area contributed by atoms with Gasteiger partial charge in [-0.2, -0.15) is 0 Å². The predicted octanol–water partition coefficient (Wildman–Crippen LogP) is 1.85. The van der Waals surface area contributed by atoms with E-state index >= 15 is 0 Å². The van der Waals surface area contributed by atoms with Crippen LogP contribution in [0.15, 0.2) is 0 Å². The maximum atomic E-state index is 5.55. The number of rotatable bonds is 6. The van der Waals surface area contributed by atoms with Gasteiger partial charge in [-0.15, -0.1) is 0 Å². The highest BCUT2D eigenvalue weighted by atomic mass is 16.5.